The van der Waals surface area contributed by atoms with Crippen LogP contribution in [-0.2, 0) is 16.6 Å². The van der Waals surface area contributed by atoms with E-state index >= 15 is 0 Å². The molecule has 2 N–H and O–H groups in total. The van der Waals surface area contributed by atoms with Crippen molar-refractivity contribution in [2.75, 3.05) is 6.54 Å². The van der Waals surface area contributed by atoms with Crippen LogP contribution in [0.2, 0.25) is 0 Å². The average molecular weight is 286 g/mol. The summed E-state index contributed by atoms with van der Waals surface area (Å²) in [5.74, 6) is -1.15. The number of aryl methyl sites for hydroxylation is 1. The molecule has 0 saturated heterocycles. The molecule has 1 aromatic rings. The van der Waals surface area contributed by atoms with Gasteiger partial charge in [-0.2, -0.15) is 0 Å². The van der Waals surface area contributed by atoms with Crippen LogP contribution in [0.5, 0.6) is 0 Å². The molecule has 0 unspecified atom stereocenters. The Kier molecular flexibility index (Phi) is 4.90. The van der Waals surface area contributed by atoms with Crippen molar-refractivity contribution >= 4 is 16.0 Å². The van der Waals surface area contributed by atoms with Crippen molar-refractivity contribution in [2.45, 2.75) is 32.2 Å². The lowest BCUT2D eigenvalue weighted by molar-refractivity contribution is 0.0685. The number of carboxylic acids is 1. The van der Waals surface area contributed by atoms with Gasteiger partial charge < -0.3 is 9.67 Å². The van der Waals surface area contributed by atoms with Gasteiger partial charge in [0.15, 0.2) is 0 Å². The van der Waals surface area contributed by atoms with E-state index in [1.165, 1.54) is 10.8 Å². The van der Waals surface area contributed by atoms with E-state index in [1.807, 2.05) is 13.8 Å². The predicted molar refractivity (Wildman–Crippen MR) is 71.7 cm³/mol. The summed E-state index contributed by atoms with van der Waals surface area (Å²) in [4.78, 5) is 10.9. The molecule has 1 aromatic heterocycles. The van der Waals surface area contributed by atoms with E-state index in [1.54, 1.807) is 13.0 Å². The highest BCUT2D eigenvalue weighted by atomic mass is 32.2. The maximum Gasteiger partial charge on any atom is 0.352 e. The molecular formula is C12H18N2O4S. The van der Waals surface area contributed by atoms with Crippen LogP contribution < -0.4 is 4.72 Å². The highest BCUT2D eigenvalue weighted by Gasteiger charge is 2.20. The van der Waals surface area contributed by atoms with Crippen molar-refractivity contribution in [2.24, 2.45) is 0 Å². The van der Waals surface area contributed by atoms with Gasteiger partial charge in [-0.15, -0.1) is 0 Å². The Morgan fingerprint density at radius 2 is 2.11 bits per heavy atom. The van der Waals surface area contributed by atoms with Crippen molar-refractivity contribution in [3.8, 4) is 0 Å². The maximum absolute atomic E-state index is 12.0. The summed E-state index contributed by atoms with van der Waals surface area (Å²) in [5, 5.41) is 8.98. The molecular weight excluding hydrogens is 268 g/mol. The minimum absolute atomic E-state index is 0.0334. The number of sulfonamides is 1. The molecule has 1 heterocycles. The Labute approximate surface area is 112 Å². The molecule has 0 amide bonds. The number of nitrogens with one attached hydrogen (secondary N) is 1. The van der Waals surface area contributed by atoms with Gasteiger partial charge in [0.2, 0.25) is 10.0 Å². The van der Waals surface area contributed by atoms with Crippen molar-refractivity contribution in [1.29, 1.82) is 0 Å². The molecule has 106 valence electrons. The highest BCUT2D eigenvalue weighted by Crippen LogP contribution is 2.14. The molecule has 0 aliphatic carbocycles. The van der Waals surface area contributed by atoms with E-state index < -0.39 is 16.0 Å². The molecule has 1 rings (SSSR count). The monoisotopic (exact) mass is 286 g/mol. The first-order chi connectivity index (χ1) is 8.77. The Morgan fingerprint density at radius 1 is 1.47 bits per heavy atom. The van der Waals surface area contributed by atoms with Gasteiger partial charge in [-0.25, -0.2) is 17.9 Å². The third-order valence-electron chi connectivity index (χ3n) is 2.53. The minimum atomic E-state index is -3.68. The Hall–Kier alpha value is -1.60. The summed E-state index contributed by atoms with van der Waals surface area (Å²) in [6.07, 6.45) is 3.07. The second kappa shape index (κ2) is 6.03. The highest BCUT2D eigenvalue weighted by molar-refractivity contribution is 7.89. The zero-order valence-corrected chi connectivity index (χ0v) is 12.0. The van der Waals surface area contributed by atoms with E-state index in [2.05, 4.69) is 4.72 Å². The lowest BCUT2D eigenvalue weighted by atomic mass is 10.3. The smallest absolute Gasteiger partial charge is 0.352 e. The zero-order valence-electron chi connectivity index (χ0n) is 11.2. The van der Waals surface area contributed by atoms with Crippen LogP contribution in [0.15, 0.2) is 28.8 Å². The molecule has 0 fully saturated rings. The molecule has 19 heavy (non-hydrogen) atoms. The molecule has 0 radical (unpaired) electrons. The number of rotatable bonds is 6. The van der Waals surface area contributed by atoms with Gasteiger partial charge in [-0.1, -0.05) is 11.6 Å². The maximum atomic E-state index is 12.0. The van der Waals surface area contributed by atoms with Gasteiger partial charge in [-0.05, 0) is 26.8 Å². The molecule has 0 aromatic carbocycles. The SMILES string of the molecule is CCn1cc(S(=O)(=O)NCC=C(C)C)cc1C(=O)O. The zero-order chi connectivity index (χ0) is 14.6. The lowest BCUT2D eigenvalue weighted by Crippen LogP contribution is -2.23. The van der Waals surface area contributed by atoms with Crippen LogP contribution in [0.25, 0.3) is 0 Å². The number of aromatic nitrogens is 1. The van der Waals surface area contributed by atoms with E-state index in [4.69, 9.17) is 5.11 Å². The van der Waals surface area contributed by atoms with Gasteiger partial charge in [0.25, 0.3) is 0 Å². The van der Waals surface area contributed by atoms with E-state index in [0.717, 1.165) is 11.6 Å². The first kappa shape index (κ1) is 15.5. The molecule has 7 heteroatoms. The fraction of sp³-hybridized carbons (Fsp3) is 0.417. The van der Waals surface area contributed by atoms with Crippen molar-refractivity contribution in [1.82, 2.24) is 9.29 Å². The summed E-state index contributed by atoms with van der Waals surface area (Å²) in [5.41, 5.74) is 0.963. The Bertz CT molecular complexity index is 595. The standard InChI is InChI=1S/C12H18N2O4S/c1-4-14-8-10(7-11(14)12(15)16)19(17,18)13-6-5-9(2)3/h5,7-8,13H,4,6H2,1-3H3,(H,15,16). The first-order valence-corrected chi connectivity index (χ1v) is 7.32. The fourth-order valence-corrected chi connectivity index (χ4v) is 2.51. The Balaban J connectivity index is 3.02. The number of allylic oxidation sites excluding steroid dienone is 1. The topological polar surface area (TPSA) is 88.4 Å². The molecule has 6 nitrogen and oxygen atoms in total. The van der Waals surface area contributed by atoms with Gasteiger partial charge >= 0.3 is 5.97 Å². The number of carbonyl (C=O) groups is 1. The van der Waals surface area contributed by atoms with Crippen molar-refractivity contribution in [3.05, 3.63) is 29.6 Å². The van der Waals surface area contributed by atoms with E-state index in [-0.39, 0.29) is 17.1 Å². The number of hydrogen-bond donors (Lipinski definition) is 2. The summed E-state index contributed by atoms with van der Waals surface area (Å²) in [6, 6.07) is 1.16. The quantitative estimate of drug-likeness (QED) is 0.775. The summed E-state index contributed by atoms with van der Waals surface area (Å²) >= 11 is 0. The van der Waals surface area contributed by atoms with E-state index in [9.17, 15) is 13.2 Å². The van der Waals surface area contributed by atoms with Crippen LogP contribution in [0.4, 0.5) is 0 Å². The third kappa shape index (κ3) is 3.93. The molecule has 0 atom stereocenters. The van der Waals surface area contributed by atoms with Crippen LogP contribution >= 0.6 is 0 Å². The lowest BCUT2D eigenvalue weighted by Gasteiger charge is -2.02. The van der Waals surface area contributed by atoms with Crippen LogP contribution in [0.1, 0.15) is 31.3 Å². The average Bonchev–Trinajstić information content (AvgIpc) is 2.72. The van der Waals surface area contributed by atoms with Crippen LogP contribution in [0.3, 0.4) is 0 Å². The molecule has 0 spiro atoms. The molecule has 0 bridgehead atoms. The molecule has 0 aliphatic rings. The molecule has 0 saturated carbocycles. The largest absolute Gasteiger partial charge is 0.477 e. The van der Waals surface area contributed by atoms with Crippen molar-refractivity contribution in [3.63, 3.8) is 0 Å². The third-order valence-corrected chi connectivity index (χ3v) is 3.92. The van der Waals surface area contributed by atoms with Gasteiger partial charge in [-0.3, -0.25) is 0 Å². The first-order valence-electron chi connectivity index (χ1n) is 5.84. The van der Waals surface area contributed by atoms with Crippen LogP contribution in [-0.4, -0.2) is 30.6 Å². The van der Waals surface area contributed by atoms with Gasteiger partial charge in [0, 0.05) is 19.3 Å². The minimum Gasteiger partial charge on any atom is -0.477 e. The predicted octanol–water partition coefficient (Wildman–Crippen LogP) is 1.45. The van der Waals surface area contributed by atoms with Gasteiger partial charge in [0.1, 0.15) is 10.6 Å². The normalized spacial score (nSPS) is 11.3. The second-order valence-corrected chi connectivity index (χ2v) is 6.05. The van der Waals surface area contributed by atoms with Crippen molar-refractivity contribution < 1.29 is 18.3 Å². The Morgan fingerprint density at radius 3 is 2.53 bits per heavy atom. The number of carboxylic acid groups (broad SMARTS) is 1. The summed E-state index contributed by atoms with van der Waals surface area (Å²) in [7, 11) is -3.68. The number of nitrogens with zero attached hydrogens (tertiary/aromatic N) is 1. The molecule has 0 aliphatic heterocycles. The number of aromatic carboxylic acids is 1. The second-order valence-electron chi connectivity index (χ2n) is 4.29. The number of hydrogen-bond acceptors (Lipinski definition) is 3. The van der Waals surface area contributed by atoms with Crippen LogP contribution in [0, 0.1) is 0 Å². The summed E-state index contributed by atoms with van der Waals surface area (Å²) in [6.45, 7) is 6.06. The fourth-order valence-electron chi connectivity index (χ4n) is 1.51. The summed E-state index contributed by atoms with van der Waals surface area (Å²) < 4.78 is 27.7. The van der Waals surface area contributed by atoms with E-state index in [0.29, 0.717) is 6.54 Å². The van der Waals surface area contributed by atoms with Gasteiger partial charge in [0.05, 0.1) is 0 Å².